The number of anilines is 2. The third-order valence-corrected chi connectivity index (χ3v) is 12.2. The van der Waals surface area contributed by atoms with Crippen LogP contribution in [0.2, 0.25) is 0 Å². The lowest BCUT2D eigenvalue weighted by Crippen LogP contribution is -2.49. The van der Waals surface area contributed by atoms with Crippen LogP contribution in [0.3, 0.4) is 0 Å². The first-order valence-electron chi connectivity index (χ1n) is 20.4. The molecule has 14 heteroatoms. The summed E-state index contributed by atoms with van der Waals surface area (Å²) >= 11 is 0. The smallest absolute Gasteiger partial charge is 0.253 e. The second-order valence-corrected chi connectivity index (χ2v) is 16.8. The molecule has 2 atom stereocenters. The third-order valence-electron chi connectivity index (χ3n) is 12.2. The van der Waals surface area contributed by atoms with Gasteiger partial charge in [-0.2, -0.15) is 0 Å². The topological polar surface area (TPSA) is 165 Å². The van der Waals surface area contributed by atoms with Crippen molar-refractivity contribution in [3.8, 4) is 0 Å². The zero-order chi connectivity index (χ0) is 42.9. The van der Waals surface area contributed by atoms with Gasteiger partial charge in [-0.25, -0.2) is 9.97 Å². The van der Waals surface area contributed by atoms with Crippen molar-refractivity contribution in [2.45, 2.75) is 65.2 Å². The summed E-state index contributed by atoms with van der Waals surface area (Å²) in [4.78, 5) is 90.6. The zero-order valence-corrected chi connectivity index (χ0v) is 35.1. The van der Waals surface area contributed by atoms with Crippen LogP contribution < -0.4 is 20.4 Å². The monoisotopic (exact) mass is 812 g/mol. The van der Waals surface area contributed by atoms with Gasteiger partial charge in [0, 0.05) is 88.7 Å². The fourth-order valence-corrected chi connectivity index (χ4v) is 8.53. The summed E-state index contributed by atoms with van der Waals surface area (Å²) in [6.45, 7) is 17.2. The number of hydrogen-bond donors (Lipinski definition) is 2. The summed E-state index contributed by atoms with van der Waals surface area (Å²) in [6.07, 6.45) is 4.02. The number of amides is 6. The Morgan fingerprint density at radius 1 is 0.533 bits per heavy atom. The SMILES string of the molecule is Cc1cnc(N2CCN(C(=O)c3ccc([C@@]4(C)CC(=O)NC4=O)cc3)CC2)c(C)c1.Cc1cnc(N2CCN(C(=O)c3ccc([C@]4(C)CC(=O)NC4=O)cc3)CC2)c(C)c1. The predicted molar refractivity (Wildman–Crippen MR) is 227 cm³/mol. The minimum atomic E-state index is -0.872. The van der Waals surface area contributed by atoms with Crippen molar-refractivity contribution < 1.29 is 28.8 Å². The van der Waals surface area contributed by atoms with Crippen LogP contribution in [0.4, 0.5) is 11.6 Å². The maximum atomic E-state index is 12.9. The summed E-state index contributed by atoms with van der Waals surface area (Å²) in [7, 11) is 0. The standard InChI is InChI=1S/2C23H26N4O3/c2*1-15-12-16(2)20(24-14-15)26-8-10-27(11-9-26)21(29)17-4-6-18(7-5-17)23(3)13-19(28)25-22(23)30/h2*4-7,12,14H,8-11,13H2,1-3H3,(H,25,28,30)/t2*23-/m10/s1. The van der Waals surface area contributed by atoms with Crippen LogP contribution >= 0.6 is 0 Å². The van der Waals surface area contributed by atoms with Crippen LogP contribution in [0, 0.1) is 27.7 Å². The molecule has 0 bridgehead atoms. The van der Waals surface area contributed by atoms with Crippen molar-refractivity contribution in [1.29, 1.82) is 0 Å². The van der Waals surface area contributed by atoms with Crippen molar-refractivity contribution in [3.05, 3.63) is 118 Å². The van der Waals surface area contributed by atoms with Crippen LogP contribution in [-0.4, -0.2) is 108 Å². The van der Waals surface area contributed by atoms with E-state index in [0.717, 1.165) is 71.2 Å². The van der Waals surface area contributed by atoms with Gasteiger partial charge < -0.3 is 19.6 Å². The van der Waals surface area contributed by atoms with Crippen LogP contribution in [-0.2, 0) is 30.0 Å². The number of piperazine rings is 2. The number of benzene rings is 2. The Morgan fingerprint density at radius 3 is 1.15 bits per heavy atom. The van der Waals surface area contributed by atoms with E-state index in [0.29, 0.717) is 37.3 Å². The Bertz CT molecular complexity index is 2180. The number of carbonyl (C=O) groups is 6. The highest BCUT2D eigenvalue weighted by Crippen LogP contribution is 2.33. The molecule has 2 aromatic carbocycles. The van der Waals surface area contributed by atoms with Gasteiger partial charge in [0.2, 0.25) is 23.6 Å². The van der Waals surface area contributed by atoms with Gasteiger partial charge >= 0.3 is 0 Å². The molecule has 0 saturated carbocycles. The molecular weight excluding hydrogens is 761 g/mol. The largest absolute Gasteiger partial charge is 0.353 e. The minimum Gasteiger partial charge on any atom is -0.353 e. The molecule has 0 radical (unpaired) electrons. The fraction of sp³-hybridized carbons (Fsp3) is 0.391. The van der Waals surface area contributed by atoms with Crippen LogP contribution in [0.25, 0.3) is 0 Å². The maximum Gasteiger partial charge on any atom is 0.253 e. The normalized spacial score (nSPS) is 21.7. The number of nitrogens with one attached hydrogen (secondary N) is 2. The predicted octanol–water partition coefficient (Wildman–Crippen LogP) is 3.93. The first-order valence-corrected chi connectivity index (χ1v) is 20.4. The van der Waals surface area contributed by atoms with E-state index < -0.39 is 10.8 Å². The highest BCUT2D eigenvalue weighted by atomic mass is 16.2. The van der Waals surface area contributed by atoms with Gasteiger partial charge in [-0.15, -0.1) is 0 Å². The lowest BCUT2D eigenvalue weighted by atomic mass is 9.80. The second-order valence-electron chi connectivity index (χ2n) is 16.8. The van der Waals surface area contributed by atoms with E-state index in [9.17, 15) is 28.8 Å². The third kappa shape index (κ3) is 8.36. The molecule has 60 heavy (non-hydrogen) atoms. The van der Waals surface area contributed by atoms with Gasteiger partial charge in [-0.1, -0.05) is 36.4 Å². The molecule has 4 saturated heterocycles. The van der Waals surface area contributed by atoms with Crippen molar-refractivity contribution in [1.82, 2.24) is 30.4 Å². The van der Waals surface area contributed by atoms with Crippen molar-refractivity contribution in [2.75, 3.05) is 62.2 Å². The molecule has 14 nitrogen and oxygen atoms in total. The van der Waals surface area contributed by atoms with Crippen molar-refractivity contribution in [3.63, 3.8) is 0 Å². The minimum absolute atomic E-state index is 0.0214. The van der Waals surface area contributed by atoms with Gasteiger partial charge in [0.15, 0.2) is 0 Å². The number of imide groups is 2. The van der Waals surface area contributed by atoms with Gasteiger partial charge in [-0.05, 0) is 99.2 Å². The second kappa shape index (κ2) is 16.7. The van der Waals surface area contributed by atoms with Crippen LogP contribution in [0.15, 0.2) is 73.1 Å². The quantitative estimate of drug-likeness (QED) is 0.273. The highest BCUT2D eigenvalue weighted by molar-refractivity contribution is 6.09. The number of nitrogens with zero attached hydrogens (tertiary/aromatic N) is 6. The number of aryl methyl sites for hydroxylation is 4. The van der Waals surface area contributed by atoms with E-state index in [1.807, 2.05) is 36.0 Å². The van der Waals surface area contributed by atoms with Gasteiger partial charge in [0.25, 0.3) is 11.8 Å². The van der Waals surface area contributed by atoms with Crippen molar-refractivity contribution >= 4 is 47.1 Å². The lowest BCUT2D eigenvalue weighted by molar-refractivity contribution is -0.127. The molecule has 6 amide bonds. The molecule has 0 spiro atoms. The maximum absolute atomic E-state index is 12.9. The Morgan fingerprint density at radius 2 is 0.867 bits per heavy atom. The summed E-state index contributed by atoms with van der Waals surface area (Å²) in [5.74, 6) is 0.811. The summed E-state index contributed by atoms with van der Waals surface area (Å²) < 4.78 is 0. The van der Waals surface area contributed by atoms with Gasteiger partial charge in [0.05, 0.1) is 10.8 Å². The summed E-state index contributed by atoms with van der Waals surface area (Å²) in [6, 6.07) is 18.4. The van der Waals surface area contributed by atoms with E-state index in [-0.39, 0.29) is 48.3 Å². The Hall–Kier alpha value is -6.44. The molecule has 312 valence electrons. The van der Waals surface area contributed by atoms with Crippen molar-refractivity contribution in [2.24, 2.45) is 0 Å². The molecule has 0 aliphatic carbocycles. The Balaban J connectivity index is 0.000000181. The number of rotatable bonds is 6. The molecule has 4 fully saturated rings. The molecule has 4 aromatic rings. The molecule has 4 aliphatic heterocycles. The lowest BCUT2D eigenvalue weighted by Gasteiger charge is -2.36. The van der Waals surface area contributed by atoms with E-state index in [4.69, 9.17) is 0 Å². The molecule has 2 N–H and O–H groups in total. The number of pyridine rings is 2. The molecule has 2 aromatic heterocycles. The van der Waals surface area contributed by atoms with E-state index in [1.165, 1.54) is 0 Å². The molecule has 0 unspecified atom stereocenters. The molecule has 8 rings (SSSR count). The van der Waals surface area contributed by atoms with Gasteiger partial charge in [0.1, 0.15) is 11.6 Å². The number of aromatic nitrogens is 2. The number of carbonyl (C=O) groups excluding carboxylic acids is 6. The summed E-state index contributed by atoms with van der Waals surface area (Å²) in [5, 5.41) is 4.71. The molecule has 6 heterocycles. The Kier molecular flexibility index (Phi) is 11.6. The van der Waals surface area contributed by atoms with Crippen LogP contribution in [0.5, 0.6) is 0 Å². The van der Waals surface area contributed by atoms with E-state index >= 15 is 0 Å². The molecular formula is C46H52N8O6. The van der Waals surface area contributed by atoms with Gasteiger partial charge in [-0.3, -0.25) is 39.4 Å². The first kappa shape index (κ1) is 41.7. The van der Waals surface area contributed by atoms with E-state index in [2.05, 4.69) is 56.4 Å². The Labute approximate surface area is 350 Å². The summed E-state index contributed by atoms with van der Waals surface area (Å²) in [5.41, 5.74) is 5.49. The zero-order valence-electron chi connectivity index (χ0n) is 35.1. The van der Waals surface area contributed by atoms with E-state index in [1.54, 1.807) is 62.4 Å². The average Bonchev–Trinajstić information content (AvgIpc) is 3.67. The average molecular weight is 813 g/mol. The first-order chi connectivity index (χ1) is 28.5. The fourth-order valence-electron chi connectivity index (χ4n) is 8.53. The molecule has 4 aliphatic rings. The highest BCUT2D eigenvalue weighted by Gasteiger charge is 2.45. The van der Waals surface area contributed by atoms with Crippen LogP contribution in [0.1, 0.15) is 80.8 Å². The number of hydrogen-bond acceptors (Lipinski definition) is 10.